The average Bonchev–Trinajstić information content (AvgIpc) is 3.01. The molecule has 1 aliphatic heterocycles. The van der Waals surface area contributed by atoms with E-state index in [2.05, 4.69) is 5.32 Å². The number of ether oxygens (including phenoxy) is 1. The fourth-order valence-electron chi connectivity index (χ4n) is 2.71. The minimum Gasteiger partial charge on any atom is -0.376 e. The molecule has 1 heterocycles. The molecule has 0 fully saturated rings. The maximum absolute atomic E-state index is 13.0. The van der Waals surface area contributed by atoms with Gasteiger partial charge in [-0.25, -0.2) is 0 Å². The van der Waals surface area contributed by atoms with Gasteiger partial charge in [0.15, 0.2) is 0 Å². The molecule has 4 nitrogen and oxygen atoms in total. The van der Waals surface area contributed by atoms with Crippen molar-refractivity contribution in [1.82, 2.24) is 0 Å². The number of alkyl halides is 3. The molecule has 0 aromatic heterocycles. The molecule has 0 atom stereocenters. The minimum absolute atomic E-state index is 0.113. The lowest BCUT2D eigenvalue weighted by molar-refractivity contribution is -0.137. The molecular weight excluding hydrogens is 333 g/mol. The molecule has 1 aliphatic rings. The van der Waals surface area contributed by atoms with Crippen LogP contribution in [0.5, 0.6) is 0 Å². The lowest BCUT2D eigenvalue weighted by Crippen LogP contribution is -2.18. The molecular formula is C18H17F3N2O2. The van der Waals surface area contributed by atoms with E-state index in [0.717, 1.165) is 23.3 Å². The number of carbonyl (C=O) groups excluding carboxylic acids is 1. The Morgan fingerprint density at radius 3 is 2.48 bits per heavy atom. The van der Waals surface area contributed by atoms with Crippen LogP contribution in [0.25, 0.3) is 0 Å². The number of fused-ring (bicyclic) bond motifs is 1. The van der Waals surface area contributed by atoms with E-state index < -0.39 is 17.6 Å². The highest BCUT2D eigenvalue weighted by Gasteiger charge is 2.31. The molecule has 0 unspecified atom stereocenters. The molecule has 2 aromatic carbocycles. The summed E-state index contributed by atoms with van der Waals surface area (Å²) in [5.74, 6) is -0.461. The third-order valence-electron chi connectivity index (χ3n) is 4.04. The van der Waals surface area contributed by atoms with E-state index in [4.69, 9.17) is 4.74 Å². The fraction of sp³-hybridized carbons (Fsp3) is 0.278. The maximum Gasteiger partial charge on any atom is 0.416 e. The molecule has 0 spiro atoms. The van der Waals surface area contributed by atoms with Gasteiger partial charge in [-0.1, -0.05) is 6.07 Å². The third-order valence-corrected chi connectivity index (χ3v) is 4.04. The van der Waals surface area contributed by atoms with Gasteiger partial charge in [-0.3, -0.25) is 4.79 Å². The lowest BCUT2D eigenvalue weighted by atomic mass is 10.1. The molecule has 1 amide bonds. The second kappa shape index (κ2) is 6.40. The van der Waals surface area contributed by atoms with Crippen LogP contribution in [0, 0.1) is 0 Å². The quantitative estimate of drug-likeness (QED) is 0.908. The number of anilines is 2. The summed E-state index contributed by atoms with van der Waals surface area (Å²) < 4.78 is 44.2. The molecule has 1 N–H and O–H groups in total. The van der Waals surface area contributed by atoms with E-state index in [9.17, 15) is 18.0 Å². The van der Waals surface area contributed by atoms with E-state index >= 15 is 0 Å². The van der Waals surface area contributed by atoms with Crippen molar-refractivity contribution in [3.8, 4) is 0 Å². The molecule has 0 saturated carbocycles. The monoisotopic (exact) mass is 350 g/mol. The van der Waals surface area contributed by atoms with Gasteiger partial charge in [-0.2, -0.15) is 13.2 Å². The topological polar surface area (TPSA) is 41.6 Å². The molecule has 3 rings (SSSR count). The van der Waals surface area contributed by atoms with Crippen LogP contribution >= 0.6 is 0 Å². The summed E-state index contributed by atoms with van der Waals surface area (Å²) in [6, 6.07) is 8.44. The number of carbonyl (C=O) groups is 1. The summed E-state index contributed by atoms with van der Waals surface area (Å²) in [5, 5.41) is 2.59. The highest BCUT2D eigenvalue weighted by Crippen LogP contribution is 2.35. The van der Waals surface area contributed by atoms with Crippen molar-refractivity contribution in [3.05, 3.63) is 58.7 Å². The second-order valence-corrected chi connectivity index (χ2v) is 6.05. The van der Waals surface area contributed by atoms with Gasteiger partial charge >= 0.3 is 6.18 Å². The molecule has 132 valence electrons. The number of halogens is 3. The average molecular weight is 350 g/mol. The molecule has 0 radical (unpaired) electrons. The van der Waals surface area contributed by atoms with Crippen molar-refractivity contribution in [2.24, 2.45) is 0 Å². The van der Waals surface area contributed by atoms with Crippen LogP contribution in [0.4, 0.5) is 24.5 Å². The second-order valence-electron chi connectivity index (χ2n) is 6.05. The van der Waals surface area contributed by atoms with Crippen LogP contribution in [0.15, 0.2) is 36.4 Å². The van der Waals surface area contributed by atoms with Gasteiger partial charge in [-0.05, 0) is 41.5 Å². The van der Waals surface area contributed by atoms with Crippen molar-refractivity contribution in [3.63, 3.8) is 0 Å². The van der Waals surface area contributed by atoms with Crippen LogP contribution in [0.1, 0.15) is 27.0 Å². The van der Waals surface area contributed by atoms with Crippen LogP contribution in [0.3, 0.4) is 0 Å². The molecule has 7 heteroatoms. The largest absolute Gasteiger partial charge is 0.416 e. The molecule has 25 heavy (non-hydrogen) atoms. The summed E-state index contributed by atoms with van der Waals surface area (Å²) in [6.07, 6.45) is -4.48. The maximum atomic E-state index is 13.0. The first-order valence-corrected chi connectivity index (χ1v) is 7.65. The number of hydrogen-bond donors (Lipinski definition) is 1. The first-order chi connectivity index (χ1) is 11.8. The number of benzene rings is 2. The van der Waals surface area contributed by atoms with Crippen molar-refractivity contribution in [1.29, 1.82) is 0 Å². The Morgan fingerprint density at radius 2 is 1.80 bits per heavy atom. The van der Waals surface area contributed by atoms with Crippen LogP contribution in [0.2, 0.25) is 0 Å². The van der Waals surface area contributed by atoms with Crippen molar-refractivity contribution in [2.75, 3.05) is 24.3 Å². The van der Waals surface area contributed by atoms with E-state index in [0.29, 0.717) is 24.5 Å². The van der Waals surface area contributed by atoms with Crippen LogP contribution in [-0.4, -0.2) is 20.0 Å². The summed E-state index contributed by atoms with van der Waals surface area (Å²) >= 11 is 0. The van der Waals surface area contributed by atoms with E-state index in [1.807, 2.05) is 0 Å². The smallest absolute Gasteiger partial charge is 0.376 e. The van der Waals surface area contributed by atoms with Gasteiger partial charge in [0, 0.05) is 19.7 Å². The van der Waals surface area contributed by atoms with Crippen molar-refractivity contribution in [2.45, 2.75) is 19.4 Å². The Morgan fingerprint density at radius 1 is 1.08 bits per heavy atom. The van der Waals surface area contributed by atoms with E-state index in [-0.39, 0.29) is 5.69 Å². The first kappa shape index (κ1) is 17.3. The number of rotatable bonds is 3. The van der Waals surface area contributed by atoms with Gasteiger partial charge in [0.1, 0.15) is 0 Å². The summed E-state index contributed by atoms with van der Waals surface area (Å²) in [4.78, 5) is 14.1. The minimum atomic E-state index is -4.48. The zero-order valence-corrected chi connectivity index (χ0v) is 13.8. The Labute approximate surface area is 143 Å². The lowest BCUT2D eigenvalue weighted by Gasteiger charge is -2.20. The highest BCUT2D eigenvalue weighted by molar-refractivity contribution is 6.06. The van der Waals surface area contributed by atoms with E-state index in [1.165, 1.54) is 6.07 Å². The standard InChI is InChI=1S/C18H17F3N2O2/c1-23(2)16-6-5-14(18(19,20)21)8-15(16)22-17(24)11-3-4-12-9-25-10-13(12)7-11/h3-8H,9-10H2,1-2H3,(H,22,24). The van der Waals surface area contributed by atoms with Gasteiger partial charge in [0.25, 0.3) is 5.91 Å². The number of nitrogens with one attached hydrogen (secondary N) is 1. The van der Waals surface area contributed by atoms with Crippen molar-refractivity contribution < 1.29 is 22.7 Å². The predicted octanol–water partition coefficient (Wildman–Crippen LogP) is 4.05. The van der Waals surface area contributed by atoms with E-state index in [1.54, 1.807) is 37.2 Å². The van der Waals surface area contributed by atoms with Gasteiger partial charge in [-0.15, -0.1) is 0 Å². The molecule has 2 aromatic rings. The number of amides is 1. The molecule has 0 saturated heterocycles. The normalized spacial score (nSPS) is 13.5. The molecule has 0 bridgehead atoms. The Kier molecular flexibility index (Phi) is 4.43. The summed E-state index contributed by atoms with van der Waals surface area (Å²) in [6.45, 7) is 0.943. The number of hydrogen-bond acceptors (Lipinski definition) is 3. The van der Waals surface area contributed by atoms with Gasteiger partial charge in [0.2, 0.25) is 0 Å². The Hall–Kier alpha value is -2.54. The van der Waals surface area contributed by atoms with Crippen LogP contribution in [-0.2, 0) is 24.1 Å². The summed E-state index contributed by atoms with van der Waals surface area (Å²) in [7, 11) is 3.40. The number of nitrogens with zero attached hydrogens (tertiary/aromatic N) is 1. The van der Waals surface area contributed by atoms with Gasteiger partial charge < -0.3 is 15.0 Å². The van der Waals surface area contributed by atoms with Gasteiger partial charge in [0.05, 0.1) is 30.2 Å². The Balaban J connectivity index is 1.91. The third kappa shape index (κ3) is 3.61. The SMILES string of the molecule is CN(C)c1ccc(C(F)(F)F)cc1NC(=O)c1ccc2c(c1)COC2. The van der Waals surface area contributed by atoms with Crippen molar-refractivity contribution >= 4 is 17.3 Å². The summed E-state index contributed by atoms with van der Waals surface area (Å²) in [5.41, 5.74) is 2.11. The highest BCUT2D eigenvalue weighted by atomic mass is 19.4. The molecule has 0 aliphatic carbocycles. The zero-order valence-electron chi connectivity index (χ0n) is 13.8. The fourth-order valence-corrected chi connectivity index (χ4v) is 2.71. The predicted molar refractivity (Wildman–Crippen MR) is 88.7 cm³/mol. The zero-order chi connectivity index (χ0) is 18.2. The van der Waals surface area contributed by atoms with Crippen LogP contribution < -0.4 is 10.2 Å². The first-order valence-electron chi connectivity index (χ1n) is 7.65. The Bertz CT molecular complexity index is 816.